The van der Waals surface area contributed by atoms with Crippen LogP contribution in [0.1, 0.15) is 11.6 Å². The SMILES string of the molecule is O=C1NC[C@@H](c2cc(Br)c(O)c(Br)c2)N1. The van der Waals surface area contributed by atoms with Crippen molar-refractivity contribution in [3.8, 4) is 5.75 Å². The van der Waals surface area contributed by atoms with Crippen molar-refractivity contribution in [3.63, 3.8) is 0 Å². The number of urea groups is 1. The fourth-order valence-electron chi connectivity index (χ4n) is 1.44. The number of aromatic hydroxyl groups is 1. The number of phenolic OH excluding ortho intramolecular Hbond substituents is 1. The summed E-state index contributed by atoms with van der Waals surface area (Å²) in [6.45, 7) is 0.558. The highest BCUT2D eigenvalue weighted by Gasteiger charge is 2.22. The van der Waals surface area contributed by atoms with Crippen molar-refractivity contribution in [1.82, 2.24) is 10.6 Å². The van der Waals surface area contributed by atoms with E-state index in [-0.39, 0.29) is 17.8 Å². The molecule has 1 aromatic carbocycles. The van der Waals surface area contributed by atoms with Gasteiger partial charge in [-0.3, -0.25) is 0 Å². The second-order valence-electron chi connectivity index (χ2n) is 3.24. The molecule has 1 atom stereocenters. The first kappa shape index (κ1) is 10.8. The summed E-state index contributed by atoms with van der Waals surface area (Å²) in [5, 5.41) is 15.0. The number of rotatable bonds is 1. The third kappa shape index (κ3) is 2.10. The molecule has 1 heterocycles. The highest BCUT2D eigenvalue weighted by atomic mass is 79.9. The molecule has 15 heavy (non-hydrogen) atoms. The number of carbonyl (C=O) groups is 1. The summed E-state index contributed by atoms with van der Waals surface area (Å²) in [6.07, 6.45) is 0. The predicted octanol–water partition coefficient (Wildman–Crippen LogP) is 2.27. The Morgan fingerprint density at radius 2 is 1.93 bits per heavy atom. The molecule has 0 spiro atoms. The molecule has 2 rings (SSSR count). The van der Waals surface area contributed by atoms with Gasteiger partial charge in [0, 0.05) is 6.54 Å². The molecule has 1 fully saturated rings. The second kappa shape index (κ2) is 4.02. The minimum absolute atomic E-state index is 0.0503. The molecule has 80 valence electrons. The Morgan fingerprint density at radius 1 is 1.33 bits per heavy atom. The van der Waals surface area contributed by atoms with Gasteiger partial charge < -0.3 is 15.7 Å². The summed E-state index contributed by atoms with van der Waals surface area (Å²) < 4.78 is 1.21. The molecule has 0 unspecified atom stereocenters. The first-order valence-corrected chi connectivity index (χ1v) is 5.89. The molecule has 0 saturated carbocycles. The maximum absolute atomic E-state index is 11.0. The van der Waals surface area contributed by atoms with Crippen LogP contribution in [0, 0.1) is 0 Å². The van der Waals surface area contributed by atoms with Crippen molar-refractivity contribution in [2.75, 3.05) is 6.54 Å². The van der Waals surface area contributed by atoms with Gasteiger partial charge in [-0.1, -0.05) is 0 Å². The van der Waals surface area contributed by atoms with E-state index in [1.807, 2.05) is 0 Å². The van der Waals surface area contributed by atoms with Gasteiger partial charge in [0.2, 0.25) is 0 Å². The molecule has 0 bridgehead atoms. The zero-order valence-electron chi connectivity index (χ0n) is 7.55. The molecule has 0 radical (unpaired) electrons. The Hall–Kier alpha value is -0.750. The summed E-state index contributed by atoms with van der Waals surface area (Å²) in [6, 6.07) is 3.36. The monoisotopic (exact) mass is 334 g/mol. The van der Waals surface area contributed by atoms with E-state index in [1.54, 1.807) is 12.1 Å². The highest BCUT2D eigenvalue weighted by molar-refractivity contribution is 9.11. The largest absolute Gasteiger partial charge is 0.506 e. The summed E-state index contributed by atoms with van der Waals surface area (Å²) in [5.74, 6) is 0.163. The number of phenols is 1. The summed E-state index contributed by atoms with van der Waals surface area (Å²) in [7, 11) is 0. The van der Waals surface area contributed by atoms with E-state index < -0.39 is 0 Å². The van der Waals surface area contributed by atoms with Crippen LogP contribution in [0.5, 0.6) is 5.75 Å². The number of amides is 2. The number of benzene rings is 1. The quantitative estimate of drug-likeness (QED) is 0.737. The lowest BCUT2D eigenvalue weighted by molar-refractivity contribution is 0.247. The highest BCUT2D eigenvalue weighted by Crippen LogP contribution is 2.35. The van der Waals surface area contributed by atoms with Crippen molar-refractivity contribution in [3.05, 3.63) is 26.6 Å². The average molecular weight is 336 g/mol. The van der Waals surface area contributed by atoms with Crippen LogP contribution < -0.4 is 10.6 Å². The van der Waals surface area contributed by atoms with Crippen LogP contribution in [-0.2, 0) is 0 Å². The van der Waals surface area contributed by atoms with Crippen LogP contribution in [0.3, 0.4) is 0 Å². The molecule has 1 aromatic rings. The maximum Gasteiger partial charge on any atom is 0.315 e. The van der Waals surface area contributed by atoms with E-state index in [9.17, 15) is 9.90 Å². The number of hydrogen-bond donors (Lipinski definition) is 3. The van der Waals surface area contributed by atoms with Crippen LogP contribution >= 0.6 is 31.9 Å². The number of hydrogen-bond acceptors (Lipinski definition) is 2. The van der Waals surface area contributed by atoms with Crippen molar-refractivity contribution in [2.45, 2.75) is 6.04 Å². The Labute approximate surface area is 103 Å². The fraction of sp³-hybridized carbons (Fsp3) is 0.222. The molecular weight excluding hydrogens is 328 g/mol. The molecule has 1 aliphatic heterocycles. The van der Waals surface area contributed by atoms with Crippen molar-refractivity contribution >= 4 is 37.9 Å². The van der Waals surface area contributed by atoms with Crippen LogP contribution in [0.4, 0.5) is 4.79 Å². The smallest absolute Gasteiger partial charge is 0.315 e. The van der Waals surface area contributed by atoms with Gasteiger partial charge >= 0.3 is 6.03 Å². The minimum Gasteiger partial charge on any atom is -0.506 e. The number of carbonyl (C=O) groups excluding carboxylic acids is 1. The van der Waals surface area contributed by atoms with Crippen LogP contribution in [0.2, 0.25) is 0 Å². The third-order valence-electron chi connectivity index (χ3n) is 2.21. The van der Waals surface area contributed by atoms with E-state index in [4.69, 9.17) is 0 Å². The lowest BCUT2D eigenvalue weighted by atomic mass is 10.1. The number of nitrogens with one attached hydrogen (secondary N) is 2. The van der Waals surface area contributed by atoms with E-state index >= 15 is 0 Å². The van der Waals surface area contributed by atoms with Crippen LogP contribution in [0.15, 0.2) is 21.1 Å². The molecule has 1 aliphatic rings. The maximum atomic E-state index is 11.0. The molecule has 0 aromatic heterocycles. The molecule has 1 saturated heterocycles. The van der Waals surface area contributed by atoms with Gasteiger partial charge in [0.1, 0.15) is 5.75 Å². The van der Waals surface area contributed by atoms with Gasteiger partial charge in [-0.2, -0.15) is 0 Å². The lowest BCUT2D eigenvalue weighted by Gasteiger charge is -2.11. The first-order chi connectivity index (χ1) is 7.08. The molecule has 3 N–H and O–H groups in total. The van der Waals surface area contributed by atoms with E-state index in [2.05, 4.69) is 42.5 Å². The summed E-state index contributed by atoms with van der Waals surface area (Å²) in [5.41, 5.74) is 0.935. The van der Waals surface area contributed by atoms with Crippen molar-refractivity contribution in [2.24, 2.45) is 0 Å². The minimum atomic E-state index is -0.166. The molecule has 4 nitrogen and oxygen atoms in total. The Kier molecular flexibility index (Phi) is 2.88. The van der Waals surface area contributed by atoms with Crippen molar-refractivity contribution < 1.29 is 9.90 Å². The van der Waals surface area contributed by atoms with Crippen LogP contribution in [-0.4, -0.2) is 17.7 Å². The van der Waals surface area contributed by atoms with Crippen LogP contribution in [0.25, 0.3) is 0 Å². The molecule has 0 aliphatic carbocycles. The lowest BCUT2D eigenvalue weighted by Crippen LogP contribution is -2.21. The molecule has 2 amide bonds. The average Bonchev–Trinajstić information content (AvgIpc) is 2.60. The Bertz CT molecular complexity index is 400. The first-order valence-electron chi connectivity index (χ1n) is 4.30. The van der Waals surface area contributed by atoms with Gasteiger partial charge in [0.05, 0.1) is 15.0 Å². The second-order valence-corrected chi connectivity index (χ2v) is 4.95. The Morgan fingerprint density at radius 3 is 2.40 bits per heavy atom. The standard InChI is InChI=1S/C9H8Br2N2O2/c10-5-1-4(2-6(11)8(5)14)7-3-12-9(15)13-7/h1-2,7,14H,3H2,(H2,12,13,15)/t7-/m0/s1. The fourth-order valence-corrected chi connectivity index (χ4v) is 2.66. The van der Waals surface area contributed by atoms with Gasteiger partial charge in [-0.25, -0.2) is 4.79 Å². The summed E-state index contributed by atoms with van der Waals surface area (Å²) in [4.78, 5) is 11.0. The van der Waals surface area contributed by atoms with Crippen molar-refractivity contribution in [1.29, 1.82) is 0 Å². The Balaban J connectivity index is 2.33. The molecular formula is C9H8Br2N2O2. The van der Waals surface area contributed by atoms with Gasteiger partial charge in [0.25, 0.3) is 0 Å². The number of halogens is 2. The third-order valence-corrected chi connectivity index (χ3v) is 3.42. The van der Waals surface area contributed by atoms with E-state index in [0.29, 0.717) is 15.5 Å². The zero-order chi connectivity index (χ0) is 11.0. The van der Waals surface area contributed by atoms with Gasteiger partial charge in [0.15, 0.2) is 0 Å². The van der Waals surface area contributed by atoms with E-state index in [0.717, 1.165) is 5.56 Å². The van der Waals surface area contributed by atoms with Gasteiger partial charge in [-0.15, -0.1) is 0 Å². The van der Waals surface area contributed by atoms with E-state index in [1.165, 1.54) is 0 Å². The normalized spacial score (nSPS) is 19.9. The molecule has 6 heteroatoms. The topological polar surface area (TPSA) is 61.4 Å². The summed E-state index contributed by atoms with van der Waals surface area (Å²) >= 11 is 6.49. The zero-order valence-corrected chi connectivity index (χ0v) is 10.7. The predicted molar refractivity (Wildman–Crippen MR) is 62.8 cm³/mol. The van der Waals surface area contributed by atoms with Gasteiger partial charge in [-0.05, 0) is 49.6 Å².